The van der Waals surface area contributed by atoms with E-state index in [1.807, 2.05) is 6.07 Å². The van der Waals surface area contributed by atoms with Gasteiger partial charge >= 0.3 is 0 Å². The van der Waals surface area contributed by atoms with E-state index in [0.29, 0.717) is 12.0 Å². The highest BCUT2D eigenvalue weighted by atomic mass is 19.1. The van der Waals surface area contributed by atoms with E-state index in [1.54, 1.807) is 24.3 Å². The number of rotatable bonds is 7. The first kappa shape index (κ1) is 24.7. The fourth-order valence-electron chi connectivity index (χ4n) is 4.69. The Hall–Kier alpha value is -3.99. The van der Waals surface area contributed by atoms with Gasteiger partial charge in [0.05, 0.1) is 5.69 Å². The summed E-state index contributed by atoms with van der Waals surface area (Å²) in [5.41, 5.74) is 0.559. The Balaban J connectivity index is 1.40. The van der Waals surface area contributed by atoms with Gasteiger partial charge in [-0.2, -0.15) is 5.10 Å². The summed E-state index contributed by atoms with van der Waals surface area (Å²) in [6.45, 7) is -0.353. The molecule has 11 heteroatoms. The zero-order valence-corrected chi connectivity index (χ0v) is 19.8. The third-order valence-corrected chi connectivity index (χ3v) is 6.46. The average Bonchev–Trinajstić information content (AvgIpc) is 3.31. The molecule has 1 aliphatic rings. The Morgan fingerprint density at radius 1 is 1.08 bits per heavy atom. The number of nitrogens with one attached hydrogen (secondary N) is 3. The first-order valence-corrected chi connectivity index (χ1v) is 12.1. The van der Waals surface area contributed by atoms with Gasteiger partial charge in [-0.05, 0) is 43.9 Å². The summed E-state index contributed by atoms with van der Waals surface area (Å²) in [6.07, 6.45) is 2.80. The molecule has 0 unspecified atom stereocenters. The minimum Gasteiger partial charge on any atom is -0.396 e. The SMILES string of the molecule is O=C(N[C@@H]1CCC[C@H](Nc2nc(-c3n[nH]c4c(F)cc(F)cc34)nc(CCO)c2F)C1)c1ccccc1. The maximum absolute atomic E-state index is 15.3. The Labute approximate surface area is 210 Å². The van der Waals surface area contributed by atoms with Crippen LogP contribution in [0.5, 0.6) is 0 Å². The van der Waals surface area contributed by atoms with Crippen LogP contribution in [0.25, 0.3) is 22.4 Å². The molecule has 0 bridgehead atoms. The fraction of sp³-hybridized carbons (Fsp3) is 0.308. The van der Waals surface area contributed by atoms with Crippen molar-refractivity contribution >= 4 is 22.6 Å². The predicted molar refractivity (Wildman–Crippen MR) is 131 cm³/mol. The van der Waals surface area contributed by atoms with Crippen LogP contribution in [0.2, 0.25) is 0 Å². The Morgan fingerprint density at radius 2 is 1.86 bits per heavy atom. The number of anilines is 1. The lowest BCUT2D eigenvalue weighted by molar-refractivity contribution is 0.0926. The maximum Gasteiger partial charge on any atom is 0.251 e. The molecule has 4 aromatic rings. The van der Waals surface area contributed by atoms with Crippen LogP contribution < -0.4 is 10.6 Å². The van der Waals surface area contributed by atoms with E-state index in [1.165, 1.54) is 0 Å². The number of hydrogen-bond donors (Lipinski definition) is 4. The van der Waals surface area contributed by atoms with Crippen LogP contribution >= 0.6 is 0 Å². The second kappa shape index (κ2) is 10.6. The summed E-state index contributed by atoms with van der Waals surface area (Å²) in [4.78, 5) is 21.1. The highest BCUT2D eigenvalue weighted by Crippen LogP contribution is 2.30. The number of amides is 1. The van der Waals surface area contributed by atoms with Gasteiger partial charge in [0.15, 0.2) is 23.3 Å². The smallest absolute Gasteiger partial charge is 0.251 e. The number of H-pyrrole nitrogens is 1. The van der Waals surface area contributed by atoms with Crippen molar-refractivity contribution in [1.82, 2.24) is 25.5 Å². The zero-order chi connectivity index (χ0) is 25.9. The molecule has 4 N–H and O–H groups in total. The molecule has 0 spiro atoms. The minimum atomic E-state index is -0.824. The van der Waals surface area contributed by atoms with E-state index in [9.17, 15) is 18.7 Å². The standard InChI is InChI=1S/C26H25F3N6O2/c27-15-11-18-22(19(28)12-15)34-35-23(18)25-32-20(9-10-36)21(29)24(33-25)30-16-7-4-8-17(13-16)31-26(37)14-5-2-1-3-6-14/h1-3,5-6,11-12,16-17,36H,4,7-10,13H2,(H,31,37)(H,34,35)(H,30,32,33)/t16-,17+/m0/s1. The van der Waals surface area contributed by atoms with Crippen LogP contribution in [-0.2, 0) is 6.42 Å². The van der Waals surface area contributed by atoms with E-state index in [4.69, 9.17) is 0 Å². The van der Waals surface area contributed by atoms with Crippen LogP contribution in [0, 0.1) is 17.5 Å². The van der Waals surface area contributed by atoms with Crippen molar-refractivity contribution in [3.05, 3.63) is 71.2 Å². The summed E-state index contributed by atoms with van der Waals surface area (Å²) in [5.74, 6) is -2.64. The number of fused-ring (bicyclic) bond motifs is 1. The molecule has 1 aliphatic carbocycles. The van der Waals surface area contributed by atoms with Crippen molar-refractivity contribution in [3.63, 3.8) is 0 Å². The number of carbonyl (C=O) groups is 1. The lowest BCUT2D eigenvalue weighted by atomic mass is 9.90. The molecule has 5 rings (SSSR count). The minimum absolute atomic E-state index is 0.0215. The number of aliphatic hydroxyl groups excluding tert-OH is 1. The number of aromatic amines is 1. The van der Waals surface area contributed by atoms with Crippen LogP contribution in [-0.4, -0.2) is 49.9 Å². The van der Waals surface area contributed by atoms with Crippen molar-refractivity contribution in [2.45, 2.75) is 44.2 Å². The molecule has 0 saturated heterocycles. The Morgan fingerprint density at radius 3 is 2.65 bits per heavy atom. The largest absolute Gasteiger partial charge is 0.396 e. The van der Waals surface area contributed by atoms with E-state index in [0.717, 1.165) is 31.4 Å². The summed E-state index contributed by atoms with van der Waals surface area (Å²) in [6, 6.07) is 10.4. The van der Waals surface area contributed by atoms with Crippen LogP contribution in [0.4, 0.5) is 19.0 Å². The van der Waals surface area contributed by atoms with Gasteiger partial charge < -0.3 is 15.7 Å². The van der Waals surface area contributed by atoms with Crippen molar-refractivity contribution < 1.29 is 23.1 Å². The number of hydrogen-bond acceptors (Lipinski definition) is 6. The monoisotopic (exact) mass is 510 g/mol. The lowest BCUT2D eigenvalue weighted by Crippen LogP contribution is -2.42. The van der Waals surface area contributed by atoms with Gasteiger partial charge in [-0.15, -0.1) is 0 Å². The number of benzene rings is 2. The van der Waals surface area contributed by atoms with Gasteiger partial charge in [0.1, 0.15) is 17.0 Å². The fourth-order valence-corrected chi connectivity index (χ4v) is 4.69. The summed E-state index contributed by atoms with van der Waals surface area (Å²) in [5, 5.41) is 22.3. The average molecular weight is 511 g/mol. The van der Waals surface area contributed by atoms with E-state index < -0.39 is 17.5 Å². The second-order valence-electron chi connectivity index (χ2n) is 9.06. The van der Waals surface area contributed by atoms with Gasteiger partial charge in [0, 0.05) is 42.1 Å². The molecule has 37 heavy (non-hydrogen) atoms. The quantitative estimate of drug-likeness (QED) is 0.297. The molecule has 192 valence electrons. The van der Waals surface area contributed by atoms with Gasteiger partial charge in [-0.3, -0.25) is 9.89 Å². The Kier molecular flexibility index (Phi) is 7.04. The molecule has 0 radical (unpaired) electrons. The first-order valence-electron chi connectivity index (χ1n) is 12.1. The summed E-state index contributed by atoms with van der Waals surface area (Å²) < 4.78 is 43.4. The third-order valence-electron chi connectivity index (χ3n) is 6.46. The second-order valence-corrected chi connectivity index (χ2v) is 9.06. The molecular formula is C26H25F3N6O2. The van der Waals surface area contributed by atoms with Crippen molar-refractivity contribution in [3.8, 4) is 11.5 Å². The molecule has 2 aromatic heterocycles. The summed E-state index contributed by atoms with van der Waals surface area (Å²) in [7, 11) is 0. The van der Waals surface area contributed by atoms with Gasteiger partial charge in [-0.25, -0.2) is 23.1 Å². The first-order chi connectivity index (χ1) is 17.9. The van der Waals surface area contributed by atoms with E-state index >= 15 is 4.39 Å². The molecule has 1 amide bonds. The highest BCUT2D eigenvalue weighted by molar-refractivity contribution is 5.94. The topological polar surface area (TPSA) is 116 Å². The predicted octanol–water partition coefficient (Wildman–Crippen LogP) is 4.13. The van der Waals surface area contributed by atoms with Crippen LogP contribution in [0.3, 0.4) is 0 Å². The molecule has 2 atom stereocenters. The third kappa shape index (κ3) is 5.26. The van der Waals surface area contributed by atoms with Crippen molar-refractivity contribution in [2.24, 2.45) is 0 Å². The molecule has 8 nitrogen and oxygen atoms in total. The lowest BCUT2D eigenvalue weighted by Gasteiger charge is -2.31. The highest BCUT2D eigenvalue weighted by Gasteiger charge is 2.26. The van der Waals surface area contributed by atoms with Gasteiger partial charge in [0.25, 0.3) is 5.91 Å². The van der Waals surface area contributed by atoms with Gasteiger partial charge in [-0.1, -0.05) is 18.2 Å². The molecule has 1 saturated carbocycles. The number of halogens is 3. The Bertz CT molecular complexity index is 1430. The zero-order valence-electron chi connectivity index (χ0n) is 19.8. The number of aromatic nitrogens is 4. The normalized spacial score (nSPS) is 17.6. The van der Waals surface area contributed by atoms with Crippen molar-refractivity contribution in [1.29, 1.82) is 0 Å². The number of carbonyl (C=O) groups excluding carboxylic acids is 1. The van der Waals surface area contributed by atoms with Crippen LogP contribution in [0.15, 0.2) is 42.5 Å². The van der Waals surface area contributed by atoms with Gasteiger partial charge in [0.2, 0.25) is 0 Å². The molecular weight excluding hydrogens is 485 g/mol. The maximum atomic E-state index is 15.3. The molecule has 0 aliphatic heterocycles. The molecule has 2 aromatic carbocycles. The van der Waals surface area contributed by atoms with E-state index in [-0.39, 0.29) is 65.0 Å². The molecule has 1 fully saturated rings. The number of nitrogens with zero attached hydrogens (tertiary/aromatic N) is 3. The number of aliphatic hydroxyl groups is 1. The van der Waals surface area contributed by atoms with E-state index in [2.05, 4.69) is 30.8 Å². The summed E-state index contributed by atoms with van der Waals surface area (Å²) >= 11 is 0. The molecule has 2 heterocycles. The van der Waals surface area contributed by atoms with Crippen molar-refractivity contribution in [2.75, 3.05) is 11.9 Å². The van der Waals surface area contributed by atoms with Crippen LogP contribution in [0.1, 0.15) is 41.7 Å².